The number of likely N-dealkylation sites (tertiary alicyclic amines) is 1. The largest absolute Gasteiger partial charge is 0.493 e. The summed E-state index contributed by atoms with van der Waals surface area (Å²) >= 11 is 0. The number of methoxy groups -OCH3 is 2. The van der Waals surface area contributed by atoms with E-state index in [9.17, 15) is 4.79 Å². The smallest absolute Gasteiger partial charge is 0.323 e. The number of carbonyl (C=O) groups is 1. The Hall–Kier alpha value is -3.39. The number of benzene rings is 2. The molecule has 1 aliphatic rings. The van der Waals surface area contributed by atoms with Gasteiger partial charge >= 0.3 is 5.97 Å². The van der Waals surface area contributed by atoms with Gasteiger partial charge in [0.1, 0.15) is 17.7 Å². The predicted octanol–water partition coefficient (Wildman–Crippen LogP) is 4.20. The molecule has 0 bridgehead atoms. The van der Waals surface area contributed by atoms with Gasteiger partial charge < -0.3 is 19.1 Å². The van der Waals surface area contributed by atoms with Gasteiger partial charge in [0.25, 0.3) is 0 Å². The lowest BCUT2D eigenvalue weighted by Crippen LogP contribution is -2.45. The van der Waals surface area contributed by atoms with Crippen LogP contribution in [0, 0.1) is 0 Å². The van der Waals surface area contributed by atoms with Crippen LogP contribution < -0.4 is 14.4 Å². The fourth-order valence-electron chi connectivity index (χ4n) is 4.66. The lowest BCUT2D eigenvalue weighted by molar-refractivity contribution is -0.151. The van der Waals surface area contributed by atoms with Crippen LogP contribution in [-0.2, 0) is 22.6 Å². The van der Waals surface area contributed by atoms with E-state index in [2.05, 4.69) is 9.80 Å². The minimum absolute atomic E-state index is 0.154. The van der Waals surface area contributed by atoms with Gasteiger partial charge in [-0.2, -0.15) is 0 Å². The summed E-state index contributed by atoms with van der Waals surface area (Å²) < 4.78 is 16.2. The summed E-state index contributed by atoms with van der Waals surface area (Å²) in [6.45, 7) is 4.21. The summed E-state index contributed by atoms with van der Waals surface area (Å²) in [5.41, 5.74) is 1.96. The first kappa shape index (κ1) is 24.7. The van der Waals surface area contributed by atoms with Crippen molar-refractivity contribution in [2.75, 3.05) is 39.3 Å². The number of ether oxygens (including phenoxy) is 3. The molecule has 0 unspecified atom stereocenters. The zero-order chi connectivity index (χ0) is 24.8. The third kappa shape index (κ3) is 5.65. The van der Waals surface area contributed by atoms with Crippen LogP contribution >= 0.6 is 0 Å². The molecule has 0 N–H and O–H groups in total. The highest BCUT2D eigenvalue weighted by Gasteiger charge is 2.30. The maximum atomic E-state index is 12.6. The van der Waals surface area contributed by atoms with Crippen LogP contribution in [0.2, 0.25) is 0 Å². The van der Waals surface area contributed by atoms with Crippen molar-refractivity contribution in [3.8, 4) is 11.5 Å². The van der Waals surface area contributed by atoms with E-state index in [0.29, 0.717) is 37.0 Å². The maximum absolute atomic E-state index is 12.6. The predicted molar refractivity (Wildman–Crippen MR) is 136 cm³/mol. The normalized spacial score (nSPS) is 16.2. The minimum atomic E-state index is -0.244. The SMILES string of the molecule is CCOC(=O)[C@H]1CCCCN1Cc1nc(N(C)Cc2ccc(OC)c(OC)c2)c2ccccc2n1. The molecule has 8 nitrogen and oxygen atoms in total. The Morgan fingerprint density at radius 2 is 1.89 bits per heavy atom. The van der Waals surface area contributed by atoms with E-state index in [0.717, 1.165) is 48.1 Å². The van der Waals surface area contributed by atoms with E-state index in [1.165, 1.54) is 0 Å². The van der Waals surface area contributed by atoms with Gasteiger partial charge in [-0.3, -0.25) is 9.69 Å². The van der Waals surface area contributed by atoms with Gasteiger partial charge in [-0.25, -0.2) is 9.97 Å². The fraction of sp³-hybridized carbons (Fsp3) is 0.444. The number of hydrogen-bond donors (Lipinski definition) is 0. The molecule has 1 aromatic heterocycles. The van der Waals surface area contributed by atoms with Crippen molar-refractivity contribution in [3.05, 3.63) is 53.9 Å². The van der Waals surface area contributed by atoms with E-state index >= 15 is 0 Å². The Bertz CT molecular complexity index is 1170. The Morgan fingerprint density at radius 3 is 2.66 bits per heavy atom. The van der Waals surface area contributed by atoms with Gasteiger partial charge in [0.05, 0.1) is 32.9 Å². The Balaban J connectivity index is 1.62. The molecule has 3 aromatic rings. The van der Waals surface area contributed by atoms with Crippen LogP contribution in [0.15, 0.2) is 42.5 Å². The molecule has 2 aromatic carbocycles. The minimum Gasteiger partial charge on any atom is -0.493 e. The molecule has 8 heteroatoms. The third-order valence-electron chi connectivity index (χ3n) is 6.38. The van der Waals surface area contributed by atoms with Crippen LogP contribution in [0.4, 0.5) is 5.82 Å². The van der Waals surface area contributed by atoms with E-state index in [4.69, 9.17) is 24.2 Å². The van der Waals surface area contributed by atoms with Crippen LogP contribution in [0.25, 0.3) is 10.9 Å². The lowest BCUT2D eigenvalue weighted by Gasteiger charge is -2.33. The highest BCUT2D eigenvalue weighted by Crippen LogP contribution is 2.30. The van der Waals surface area contributed by atoms with Crippen LogP contribution in [-0.4, -0.2) is 61.3 Å². The molecule has 0 saturated carbocycles. The molecule has 186 valence electrons. The van der Waals surface area contributed by atoms with Gasteiger partial charge in [-0.05, 0) is 56.1 Å². The molecule has 0 amide bonds. The number of hydrogen-bond acceptors (Lipinski definition) is 8. The molecule has 1 saturated heterocycles. The summed E-state index contributed by atoms with van der Waals surface area (Å²) in [5.74, 6) is 2.80. The maximum Gasteiger partial charge on any atom is 0.323 e. The molecule has 35 heavy (non-hydrogen) atoms. The zero-order valence-electron chi connectivity index (χ0n) is 21.0. The second kappa shape index (κ2) is 11.4. The van der Waals surface area contributed by atoms with Crippen LogP contribution in [0.1, 0.15) is 37.6 Å². The summed E-state index contributed by atoms with van der Waals surface area (Å²) in [7, 11) is 5.30. The third-order valence-corrected chi connectivity index (χ3v) is 6.38. The molecular formula is C27H34N4O4. The van der Waals surface area contributed by atoms with Crippen molar-refractivity contribution in [2.24, 2.45) is 0 Å². The van der Waals surface area contributed by atoms with E-state index in [1.54, 1.807) is 14.2 Å². The Morgan fingerprint density at radius 1 is 1.09 bits per heavy atom. The summed E-state index contributed by atoms with van der Waals surface area (Å²) in [6, 6.07) is 13.7. The van der Waals surface area contributed by atoms with Gasteiger partial charge in [-0.15, -0.1) is 0 Å². The molecule has 2 heterocycles. The second-order valence-corrected chi connectivity index (χ2v) is 8.76. The number of anilines is 1. The van der Waals surface area contributed by atoms with Crippen molar-refractivity contribution >= 4 is 22.7 Å². The van der Waals surface area contributed by atoms with E-state index in [-0.39, 0.29) is 12.0 Å². The van der Waals surface area contributed by atoms with Crippen molar-refractivity contribution in [2.45, 2.75) is 45.3 Å². The van der Waals surface area contributed by atoms with Crippen molar-refractivity contribution in [1.29, 1.82) is 0 Å². The zero-order valence-corrected chi connectivity index (χ0v) is 21.0. The molecular weight excluding hydrogens is 444 g/mol. The molecule has 0 aliphatic carbocycles. The summed E-state index contributed by atoms with van der Waals surface area (Å²) in [6.07, 6.45) is 2.88. The highest BCUT2D eigenvalue weighted by molar-refractivity contribution is 5.89. The quantitative estimate of drug-likeness (QED) is 0.424. The fourth-order valence-corrected chi connectivity index (χ4v) is 4.66. The van der Waals surface area contributed by atoms with Crippen LogP contribution in [0.5, 0.6) is 11.5 Å². The number of esters is 1. The van der Waals surface area contributed by atoms with Gasteiger partial charge in [0.15, 0.2) is 11.5 Å². The van der Waals surface area contributed by atoms with Crippen molar-refractivity contribution in [1.82, 2.24) is 14.9 Å². The number of aromatic nitrogens is 2. The van der Waals surface area contributed by atoms with E-state index < -0.39 is 0 Å². The average molecular weight is 479 g/mol. The lowest BCUT2D eigenvalue weighted by atomic mass is 10.0. The first-order chi connectivity index (χ1) is 17.0. The summed E-state index contributed by atoms with van der Waals surface area (Å²) in [4.78, 5) is 26.6. The molecule has 1 fully saturated rings. The number of piperidine rings is 1. The second-order valence-electron chi connectivity index (χ2n) is 8.76. The molecule has 1 aliphatic heterocycles. The van der Waals surface area contributed by atoms with Crippen molar-refractivity contribution in [3.63, 3.8) is 0 Å². The number of nitrogens with zero attached hydrogens (tertiary/aromatic N) is 4. The monoisotopic (exact) mass is 478 g/mol. The number of fused-ring (bicyclic) bond motifs is 1. The standard InChI is InChI=1S/C27H34N4O4/c1-5-35-27(32)22-12-8-9-15-31(22)18-25-28-21-11-7-6-10-20(21)26(29-25)30(2)17-19-13-14-23(33-3)24(16-19)34-4/h6-7,10-11,13-14,16,22H,5,8-9,12,15,17-18H2,1-4H3/t22-/m1/s1. The van der Waals surface area contributed by atoms with E-state index in [1.807, 2.05) is 56.4 Å². The first-order valence-electron chi connectivity index (χ1n) is 12.1. The topological polar surface area (TPSA) is 77.0 Å². The van der Waals surface area contributed by atoms with Crippen molar-refractivity contribution < 1.29 is 19.0 Å². The number of rotatable bonds is 9. The number of para-hydroxylation sites is 1. The molecule has 1 atom stereocenters. The Labute approximate surface area is 206 Å². The van der Waals surface area contributed by atoms with Gasteiger partial charge in [0.2, 0.25) is 0 Å². The molecule has 0 radical (unpaired) electrons. The Kier molecular flexibility index (Phi) is 8.02. The average Bonchev–Trinajstić information content (AvgIpc) is 2.88. The first-order valence-corrected chi connectivity index (χ1v) is 12.1. The molecule has 4 rings (SSSR count). The summed E-state index contributed by atoms with van der Waals surface area (Å²) in [5, 5.41) is 0.986. The highest BCUT2D eigenvalue weighted by atomic mass is 16.5. The van der Waals surface area contributed by atoms with Crippen LogP contribution in [0.3, 0.4) is 0 Å². The molecule has 0 spiro atoms. The van der Waals surface area contributed by atoms with Gasteiger partial charge in [0, 0.05) is 19.0 Å². The number of carbonyl (C=O) groups excluding carboxylic acids is 1. The van der Waals surface area contributed by atoms with Gasteiger partial charge in [-0.1, -0.05) is 24.6 Å².